The summed E-state index contributed by atoms with van der Waals surface area (Å²) in [6, 6.07) is 7.35. The van der Waals surface area contributed by atoms with Gasteiger partial charge >= 0.3 is 0 Å². The molecule has 3 aromatic rings. The first-order chi connectivity index (χ1) is 12.4. The molecule has 0 fully saturated rings. The van der Waals surface area contributed by atoms with Crippen LogP contribution in [0.15, 0.2) is 35.3 Å². The molecule has 8 nitrogen and oxygen atoms in total. The molecule has 0 bridgehead atoms. The Morgan fingerprint density at radius 1 is 1.19 bits per heavy atom. The summed E-state index contributed by atoms with van der Waals surface area (Å²) in [6.07, 6.45) is 1.54. The predicted molar refractivity (Wildman–Crippen MR) is 100 cm³/mol. The number of fused-ring (bicyclic) bond motifs is 1. The monoisotopic (exact) mass is 357 g/mol. The number of rotatable bonds is 6. The molecule has 0 amide bonds. The van der Waals surface area contributed by atoms with Crippen molar-refractivity contribution in [1.29, 1.82) is 0 Å². The maximum absolute atomic E-state index is 12.2. The number of hydrogen-bond acceptors (Lipinski definition) is 6. The highest BCUT2D eigenvalue weighted by atomic mass is 16.5. The van der Waals surface area contributed by atoms with Crippen molar-refractivity contribution < 1.29 is 9.47 Å². The predicted octanol–water partition coefficient (Wildman–Crippen LogP) is 2.37. The third kappa shape index (κ3) is 3.79. The van der Waals surface area contributed by atoms with E-state index in [1.807, 2.05) is 45.0 Å². The number of nitrogens with one attached hydrogen (secondary N) is 2. The Labute approximate surface area is 151 Å². The van der Waals surface area contributed by atoms with Gasteiger partial charge in [-0.3, -0.25) is 9.78 Å². The maximum Gasteiger partial charge on any atom is 0.263 e. The Kier molecular flexibility index (Phi) is 4.83. The maximum atomic E-state index is 12.2. The van der Waals surface area contributed by atoms with Crippen LogP contribution in [-0.4, -0.2) is 40.0 Å². The largest absolute Gasteiger partial charge is 0.497 e. The van der Waals surface area contributed by atoms with Crippen LogP contribution < -0.4 is 20.3 Å². The van der Waals surface area contributed by atoms with Crippen molar-refractivity contribution >= 4 is 17.0 Å². The van der Waals surface area contributed by atoms with E-state index in [-0.39, 0.29) is 11.1 Å². The number of aromatic amines is 1. The molecule has 0 aliphatic rings. The Bertz CT molecular complexity index is 938. The van der Waals surface area contributed by atoms with Crippen LogP contribution >= 0.6 is 0 Å². The number of ether oxygens (including phenoxy) is 2. The topological polar surface area (TPSA) is 94.1 Å². The van der Waals surface area contributed by atoms with Crippen molar-refractivity contribution in [1.82, 2.24) is 19.7 Å². The zero-order chi connectivity index (χ0) is 18.7. The average Bonchev–Trinajstić information content (AvgIpc) is 3.04. The summed E-state index contributed by atoms with van der Waals surface area (Å²) in [5, 5.41) is 7.84. The smallest absolute Gasteiger partial charge is 0.263 e. The second-order valence-electron chi connectivity index (χ2n) is 6.83. The highest BCUT2D eigenvalue weighted by Crippen LogP contribution is 2.19. The normalized spacial score (nSPS) is 11.5. The van der Waals surface area contributed by atoms with Crippen LogP contribution in [0, 0.1) is 0 Å². The molecule has 2 N–H and O–H groups in total. The number of methoxy groups -OCH3 is 1. The minimum atomic E-state index is -0.267. The Morgan fingerprint density at radius 3 is 2.54 bits per heavy atom. The van der Waals surface area contributed by atoms with E-state index in [1.165, 1.54) is 0 Å². The molecule has 0 aliphatic carbocycles. The van der Waals surface area contributed by atoms with Crippen LogP contribution in [-0.2, 0) is 5.54 Å². The minimum absolute atomic E-state index is 0.218. The standard InChI is InChI=1S/C18H23N5O3/c1-18(2,3)23-15-14(11-20-23)16(24)22-17(21-15)19-9-10-26-13-7-5-12(25-4)6-8-13/h5-8,11H,9-10H2,1-4H3,(H2,19,21,22,24). The highest BCUT2D eigenvalue weighted by molar-refractivity contribution is 5.74. The first-order valence-corrected chi connectivity index (χ1v) is 8.38. The lowest BCUT2D eigenvalue weighted by Crippen LogP contribution is -2.24. The van der Waals surface area contributed by atoms with Gasteiger partial charge in [0.05, 0.1) is 25.4 Å². The summed E-state index contributed by atoms with van der Waals surface area (Å²) in [5.74, 6) is 1.92. The molecule has 0 saturated carbocycles. The summed E-state index contributed by atoms with van der Waals surface area (Å²) in [5.41, 5.74) is 0.0704. The summed E-state index contributed by atoms with van der Waals surface area (Å²) < 4.78 is 12.5. The van der Waals surface area contributed by atoms with E-state index < -0.39 is 0 Å². The lowest BCUT2D eigenvalue weighted by atomic mass is 10.1. The molecule has 3 rings (SSSR count). The van der Waals surface area contributed by atoms with Gasteiger partial charge in [0.2, 0.25) is 5.95 Å². The summed E-state index contributed by atoms with van der Waals surface area (Å²) in [7, 11) is 1.62. The van der Waals surface area contributed by atoms with E-state index in [9.17, 15) is 4.79 Å². The Balaban J connectivity index is 1.66. The first-order valence-electron chi connectivity index (χ1n) is 8.38. The third-order valence-corrected chi connectivity index (χ3v) is 3.80. The molecule has 0 radical (unpaired) electrons. The lowest BCUT2D eigenvalue weighted by Gasteiger charge is -2.19. The van der Waals surface area contributed by atoms with Crippen molar-refractivity contribution in [3.63, 3.8) is 0 Å². The average molecular weight is 357 g/mol. The van der Waals surface area contributed by atoms with Crippen LogP contribution in [0.5, 0.6) is 11.5 Å². The zero-order valence-electron chi connectivity index (χ0n) is 15.4. The molecule has 26 heavy (non-hydrogen) atoms. The van der Waals surface area contributed by atoms with Gasteiger partial charge in [0, 0.05) is 0 Å². The molecule has 0 saturated heterocycles. The van der Waals surface area contributed by atoms with Crippen LogP contribution in [0.3, 0.4) is 0 Å². The first kappa shape index (κ1) is 17.8. The van der Waals surface area contributed by atoms with E-state index in [0.717, 1.165) is 11.5 Å². The quantitative estimate of drug-likeness (QED) is 0.658. The molecule has 8 heteroatoms. The number of benzene rings is 1. The van der Waals surface area contributed by atoms with Crippen LogP contribution in [0.25, 0.3) is 11.0 Å². The third-order valence-electron chi connectivity index (χ3n) is 3.80. The molecule has 0 spiro atoms. The van der Waals surface area contributed by atoms with E-state index in [4.69, 9.17) is 9.47 Å². The number of hydrogen-bond donors (Lipinski definition) is 2. The van der Waals surface area contributed by atoms with Gasteiger partial charge in [-0.05, 0) is 45.0 Å². The lowest BCUT2D eigenvalue weighted by molar-refractivity contribution is 0.331. The molecule has 0 atom stereocenters. The molecular formula is C18H23N5O3. The second-order valence-corrected chi connectivity index (χ2v) is 6.83. The molecular weight excluding hydrogens is 334 g/mol. The molecule has 2 aromatic heterocycles. The number of H-pyrrole nitrogens is 1. The fraction of sp³-hybridized carbons (Fsp3) is 0.389. The second kappa shape index (κ2) is 7.07. The summed E-state index contributed by atoms with van der Waals surface area (Å²) in [6.45, 7) is 6.95. The fourth-order valence-corrected chi connectivity index (χ4v) is 2.50. The number of aromatic nitrogens is 4. The van der Waals surface area contributed by atoms with Gasteiger partial charge in [-0.25, -0.2) is 4.68 Å². The number of nitrogens with zero attached hydrogens (tertiary/aromatic N) is 3. The van der Waals surface area contributed by atoms with Crippen molar-refractivity contribution in [3.05, 3.63) is 40.8 Å². The van der Waals surface area contributed by atoms with E-state index in [2.05, 4.69) is 20.4 Å². The minimum Gasteiger partial charge on any atom is -0.497 e. The Morgan fingerprint density at radius 2 is 1.88 bits per heavy atom. The van der Waals surface area contributed by atoms with E-state index in [0.29, 0.717) is 30.1 Å². The molecule has 0 unspecified atom stereocenters. The molecule has 2 heterocycles. The summed E-state index contributed by atoms with van der Waals surface area (Å²) >= 11 is 0. The van der Waals surface area contributed by atoms with Gasteiger partial charge in [0.25, 0.3) is 5.56 Å². The van der Waals surface area contributed by atoms with Crippen LogP contribution in [0.2, 0.25) is 0 Å². The molecule has 138 valence electrons. The Hall–Kier alpha value is -3.03. The summed E-state index contributed by atoms with van der Waals surface area (Å²) in [4.78, 5) is 19.4. The van der Waals surface area contributed by atoms with Crippen molar-refractivity contribution in [3.8, 4) is 11.5 Å². The van der Waals surface area contributed by atoms with Gasteiger partial charge in [-0.1, -0.05) is 0 Å². The van der Waals surface area contributed by atoms with Gasteiger partial charge in [0.1, 0.15) is 23.5 Å². The van der Waals surface area contributed by atoms with E-state index >= 15 is 0 Å². The van der Waals surface area contributed by atoms with E-state index in [1.54, 1.807) is 18.0 Å². The van der Waals surface area contributed by atoms with Gasteiger partial charge in [-0.2, -0.15) is 10.1 Å². The van der Waals surface area contributed by atoms with Gasteiger partial charge in [0.15, 0.2) is 5.65 Å². The fourth-order valence-electron chi connectivity index (χ4n) is 2.50. The van der Waals surface area contributed by atoms with Gasteiger partial charge < -0.3 is 14.8 Å². The SMILES string of the molecule is COc1ccc(OCCNc2nc3c(cnn3C(C)(C)C)c(=O)[nH]2)cc1. The van der Waals surface area contributed by atoms with Crippen molar-refractivity contribution in [2.24, 2.45) is 0 Å². The molecule has 0 aliphatic heterocycles. The van der Waals surface area contributed by atoms with Crippen molar-refractivity contribution in [2.75, 3.05) is 25.6 Å². The molecule has 1 aromatic carbocycles. The van der Waals surface area contributed by atoms with Gasteiger partial charge in [-0.15, -0.1) is 0 Å². The number of anilines is 1. The zero-order valence-corrected chi connectivity index (χ0v) is 15.4. The highest BCUT2D eigenvalue weighted by Gasteiger charge is 2.19. The van der Waals surface area contributed by atoms with Crippen LogP contribution in [0.4, 0.5) is 5.95 Å². The van der Waals surface area contributed by atoms with Crippen LogP contribution in [0.1, 0.15) is 20.8 Å². The van der Waals surface area contributed by atoms with Crippen molar-refractivity contribution in [2.45, 2.75) is 26.3 Å².